The van der Waals surface area contributed by atoms with Gasteiger partial charge in [0.05, 0.1) is 0 Å². The van der Waals surface area contributed by atoms with Crippen LogP contribution in [0.25, 0.3) is 0 Å². The summed E-state index contributed by atoms with van der Waals surface area (Å²) in [6, 6.07) is 7.39. The Labute approximate surface area is 182 Å². The van der Waals surface area contributed by atoms with Crippen molar-refractivity contribution in [3.8, 4) is 0 Å². The van der Waals surface area contributed by atoms with Gasteiger partial charge in [0.2, 0.25) is 11.8 Å². The first kappa shape index (κ1) is 22.2. The summed E-state index contributed by atoms with van der Waals surface area (Å²) >= 11 is 6.04. The van der Waals surface area contributed by atoms with Crippen molar-refractivity contribution in [1.82, 2.24) is 30.4 Å². The lowest BCUT2D eigenvalue weighted by Gasteiger charge is -2.45. The van der Waals surface area contributed by atoms with Gasteiger partial charge >= 0.3 is 0 Å². The normalized spacial score (nSPS) is 19.5. The number of carbonyl (C=O) groups is 2. The van der Waals surface area contributed by atoms with E-state index in [-0.39, 0.29) is 29.7 Å². The number of benzene rings is 1. The molecule has 2 atom stereocenters. The Morgan fingerprint density at radius 3 is 2.53 bits per heavy atom. The molecule has 0 spiro atoms. The fourth-order valence-corrected chi connectivity index (χ4v) is 4.31. The number of aromatic nitrogens is 4. The van der Waals surface area contributed by atoms with Gasteiger partial charge in [-0.05, 0) is 51.8 Å². The lowest BCUT2D eigenvalue weighted by molar-refractivity contribution is -0.140. The summed E-state index contributed by atoms with van der Waals surface area (Å²) < 4.78 is 1.33. The molecule has 1 aliphatic rings. The van der Waals surface area contributed by atoms with E-state index in [1.807, 2.05) is 30.9 Å². The third kappa shape index (κ3) is 5.16. The zero-order valence-corrected chi connectivity index (χ0v) is 18.6. The first-order valence-electron chi connectivity index (χ1n) is 10.2. The minimum Gasteiger partial charge on any atom is -0.342 e. The van der Waals surface area contributed by atoms with E-state index < -0.39 is 6.04 Å². The van der Waals surface area contributed by atoms with Crippen LogP contribution in [0.3, 0.4) is 0 Å². The Balaban J connectivity index is 1.67. The lowest BCUT2D eigenvalue weighted by atomic mass is 9.70. The van der Waals surface area contributed by atoms with Crippen LogP contribution in [-0.2, 0) is 16.1 Å². The topological polar surface area (TPSA) is 93.0 Å². The number of nitrogens with zero attached hydrogens (tertiary/aromatic N) is 5. The lowest BCUT2D eigenvalue weighted by Crippen LogP contribution is -2.56. The molecule has 1 saturated heterocycles. The van der Waals surface area contributed by atoms with Crippen LogP contribution in [-0.4, -0.2) is 56.1 Å². The van der Waals surface area contributed by atoms with E-state index in [1.54, 1.807) is 0 Å². The van der Waals surface area contributed by atoms with Gasteiger partial charge in [-0.15, -0.1) is 5.10 Å². The number of likely N-dealkylation sites (tertiary alicyclic amines) is 1. The summed E-state index contributed by atoms with van der Waals surface area (Å²) in [7, 11) is 0. The van der Waals surface area contributed by atoms with Crippen molar-refractivity contribution >= 4 is 23.4 Å². The van der Waals surface area contributed by atoms with E-state index in [0.29, 0.717) is 19.0 Å². The van der Waals surface area contributed by atoms with E-state index in [0.717, 1.165) is 11.4 Å². The molecule has 0 bridgehead atoms. The van der Waals surface area contributed by atoms with Gasteiger partial charge < -0.3 is 10.2 Å². The average molecular weight is 433 g/mol. The zero-order chi connectivity index (χ0) is 21.9. The fraction of sp³-hybridized carbons (Fsp3) is 0.571. The van der Waals surface area contributed by atoms with Gasteiger partial charge in [-0.1, -0.05) is 51.4 Å². The summed E-state index contributed by atoms with van der Waals surface area (Å²) in [6.07, 6.45) is 2.24. The van der Waals surface area contributed by atoms with Crippen molar-refractivity contribution in [3.05, 3.63) is 41.2 Å². The minimum atomic E-state index is -0.586. The standard InChI is InChI=1S/C21H29ClN6O2/c1-14(2)19(24-18(29)11-28-13-23-25-26-28)20(30)27-10-9-17(21(3,4)12-27)15-5-7-16(22)8-6-15/h5-8,13-14,17,19H,9-12H2,1-4H3,(H,24,29)/t17?,19-/m1/s1. The third-order valence-corrected chi connectivity index (χ3v) is 6.01. The Kier molecular flexibility index (Phi) is 6.75. The molecule has 2 amide bonds. The highest BCUT2D eigenvalue weighted by molar-refractivity contribution is 6.30. The minimum absolute atomic E-state index is 0.0202. The summed E-state index contributed by atoms with van der Waals surface area (Å²) in [5.74, 6) is -0.0273. The highest BCUT2D eigenvalue weighted by Gasteiger charge is 2.40. The van der Waals surface area contributed by atoms with E-state index in [2.05, 4.69) is 46.8 Å². The van der Waals surface area contributed by atoms with Crippen molar-refractivity contribution in [2.24, 2.45) is 11.3 Å². The molecule has 162 valence electrons. The van der Waals surface area contributed by atoms with E-state index >= 15 is 0 Å². The van der Waals surface area contributed by atoms with Crippen molar-refractivity contribution in [1.29, 1.82) is 0 Å². The summed E-state index contributed by atoms with van der Waals surface area (Å²) in [6.45, 7) is 9.51. The van der Waals surface area contributed by atoms with E-state index in [1.165, 1.54) is 16.6 Å². The maximum Gasteiger partial charge on any atom is 0.245 e. The molecule has 0 radical (unpaired) electrons. The van der Waals surface area contributed by atoms with Crippen LogP contribution >= 0.6 is 11.6 Å². The molecule has 1 N–H and O–H groups in total. The molecular weight excluding hydrogens is 404 g/mol. The van der Waals surface area contributed by atoms with Crippen LogP contribution in [0.1, 0.15) is 45.6 Å². The number of halogens is 1. The first-order chi connectivity index (χ1) is 14.2. The predicted molar refractivity (Wildman–Crippen MR) is 114 cm³/mol. The summed E-state index contributed by atoms with van der Waals surface area (Å²) in [5.41, 5.74) is 1.14. The van der Waals surface area contributed by atoms with Gasteiger partial charge in [0.1, 0.15) is 18.9 Å². The zero-order valence-electron chi connectivity index (χ0n) is 17.9. The third-order valence-electron chi connectivity index (χ3n) is 5.76. The largest absolute Gasteiger partial charge is 0.342 e. The van der Waals surface area contributed by atoms with Crippen molar-refractivity contribution < 1.29 is 9.59 Å². The highest BCUT2D eigenvalue weighted by Crippen LogP contribution is 2.42. The van der Waals surface area contributed by atoms with Crippen LogP contribution in [0.4, 0.5) is 0 Å². The molecule has 0 saturated carbocycles. The number of tetrazole rings is 1. The van der Waals surface area contributed by atoms with Crippen molar-refractivity contribution in [2.45, 2.75) is 52.6 Å². The number of amides is 2. The molecule has 1 fully saturated rings. The Morgan fingerprint density at radius 1 is 1.27 bits per heavy atom. The number of carbonyl (C=O) groups excluding carboxylic acids is 2. The van der Waals surface area contributed by atoms with Gasteiger partial charge in [0, 0.05) is 18.1 Å². The molecule has 1 aromatic carbocycles. The molecule has 30 heavy (non-hydrogen) atoms. The highest BCUT2D eigenvalue weighted by atomic mass is 35.5. The quantitative estimate of drug-likeness (QED) is 0.757. The molecular formula is C21H29ClN6O2. The van der Waals surface area contributed by atoms with E-state index in [4.69, 9.17) is 11.6 Å². The molecule has 3 rings (SSSR count). The van der Waals surface area contributed by atoms with Gasteiger partial charge in [-0.25, -0.2) is 4.68 Å². The maximum atomic E-state index is 13.3. The smallest absolute Gasteiger partial charge is 0.245 e. The van der Waals surface area contributed by atoms with Crippen LogP contribution in [0.15, 0.2) is 30.6 Å². The molecule has 8 nitrogen and oxygen atoms in total. The van der Waals surface area contributed by atoms with Crippen molar-refractivity contribution in [3.63, 3.8) is 0 Å². The maximum absolute atomic E-state index is 13.3. The first-order valence-corrected chi connectivity index (χ1v) is 10.6. The summed E-state index contributed by atoms with van der Waals surface area (Å²) in [4.78, 5) is 27.6. The number of rotatable bonds is 6. The Morgan fingerprint density at radius 2 is 1.97 bits per heavy atom. The van der Waals surface area contributed by atoms with Gasteiger partial charge in [-0.2, -0.15) is 0 Å². The van der Waals surface area contributed by atoms with Crippen molar-refractivity contribution in [2.75, 3.05) is 13.1 Å². The average Bonchev–Trinajstić information content (AvgIpc) is 3.18. The monoisotopic (exact) mass is 432 g/mol. The van der Waals surface area contributed by atoms with Gasteiger partial charge in [0.15, 0.2) is 0 Å². The van der Waals surface area contributed by atoms with Crippen LogP contribution < -0.4 is 5.32 Å². The molecule has 0 aliphatic carbocycles. The predicted octanol–water partition coefficient (Wildman–Crippen LogP) is 2.51. The number of piperidine rings is 1. The molecule has 1 unspecified atom stereocenters. The SMILES string of the molecule is CC(C)[C@@H](NC(=O)Cn1cnnn1)C(=O)N1CCC(c2ccc(Cl)cc2)C(C)(C)C1. The van der Waals surface area contributed by atoms with Crippen LogP contribution in [0.2, 0.25) is 5.02 Å². The molecule has 9 heteroatoms. The second-order valence-corrected chi connectivity index (χ2v) is 9.37. The number of nitrogens with one attached hydrogen (secondary N) is 1. The van der Waals surface area contributed by atoms with Crippen LogP contribution in [0.5, 0.6) is 0 Å². The van der Waals surface area contributed by atoms with Gasteiger partial charge in [-0.3, -0.25) is 9.59 Å². The molecule has 1 aliphatic heterocycles. The second kappa shape index (κ2) is 9.12. The molecule has 2 aromatic rings. The number of hydrogen-bond acceptors (Lipinski definition) is 5. The van der Waals surface area contributed by atoms with E-state index in [9.17, 15) is 9.59 Å². The fourth-order valence-electron chi connectivity index (χ4n) is 4.19. The Hall–Kier alpha value is -2.48. The van der Waals surface area contributed by atoms with Crippen LogP contribution in [0, 0.1) is 11.3 Å². The molecule has 2 heterocycles. The number of hydrogen-bond donors (Lipinski definition) is 1. The Bertz CT molecular complexity index is 866. The summed E-state index contributed by atoms with van der Waals surface area (Å²) in [5, 5.41) is 14.3. The molecule has 1 aromatic heterocycles. The second-order valence-electron chi connectivity index (χ2n) is 8.94. The van der Waals surface area contributed by atoms with Gasteiger partial charge in [0.25, 0.3) is 0 Å².